The second-order valence-corrected chi connectivity index (χ2v) is 5.13. The maximum absolute atomic E-state index is 11.7. The predicted molar refractivity (Wildman–Crippen MR) is 73.9 cm³/mol. The van der Waals surface area contributed by atoms with Crippen LogP contribution >= 0.6 is 0 Å². The number of amides is 1. The third-order valence-electron chi connectivity index (χ3n) is 3.43. The third-order valence-corrected chi connectivity index (χ3v) is 3.43. The van der Waals surface area contributed by atoms with Crippen molar-refractivity contribution in [3.05, 3.63) is 0 Å². The van der Waals surface area contributed by atoms with Crippen molar-refractivity contribution >= 4 is 23.6 Å². The van der Waals surface area contributed by atoms with E-state index in [9.17, 15) is 27.6 Å². The second kappa shape index (κ2) is 8.62. The van der Waals surface area contributed by atoms with E-state index in [2.05, 4.69) is 5.32 Å². The van der Waals surface area contributed by atoms with E-state index in [-0.39, 0.29) is 18.1 Å². The van der Waals surface area contributed by atoms with Gasteiger partial charge in [-0.15, -0.1) is 0 Å². The zero-order chi connectivity index (χ0) is 19.2. The number of nitrogens with zero attached hydrogens (tertiary/aromatic N) is 1. The first-order valence-electron chi connectivity index (χ1n) is 6.87. The van der Waals surface area contributed by atoms with Crippen LogP contribution in [0.1, 0.15) is 26.7 Å². The highest BCUT2D eigenvalue weighted by molar-refractivity contribution is 5.85. The van der Waals surface area contributed by atoms with Crippen LogP contribution in [-0.2, 0) is 19.2 Å². The summed E-state index contributed by atoms with van der Waals surface area (Å²) in [4.78, 5) is 44.3. The lowest BCUT2D eigenvalue weighted by Gasteiger charge is -2.26. The normalized spacial score (nSPS) is 23.8. The first-order chi connectivity index (χ1) is 10.8. The summed E-state index contributed by atoms with van der Waals surface area (Å²) in [7, 11) is 1.61. The number of ketones is 1. The number of hydrogen-bond donors (Lipinski definition) is 3. The van der Waals surface area contributed by atoms with Crippen LogP contribution in [0.3, 0.4) is 0 Å². The number of carbonyl (C=O) groups is 4. The predicted octanol–water partition coefficient (Wildman–Crippen LogP) is 0.466. The molecular formula is C13H19F3N2O6. The van der Waals surface area contributed by atoms with Crippen LogP contribution in [0.2, 0.25) is 0 Å². The maximum atomic E-state index is 11.7. The molecule has 1 rings (SSSR count). The standard InChI is InChI=1S/C11H18N2O4.C2HF3O2/c1-4-9(15)7-5-8(11(16)17)13(3)10(7)12-6(2)14;3-2(4,5)1(6)7/h7-8,10H,4-5H2,1-3H3,(H,12,14)(H,16,17);(H,6,7)/t7-,8+,10+;/m0./s1. The van der Waals surface area contributed by atoms with E-state index in [0.29, 0.717) is 6.42 Å². The van der Waals surface area contributed by atoms with E-state index in [1.54, 1.807) is 18.9 Å². The van der Waals surface area contributed by atoms with E-state index < -0.39 is 36.2 Å². The van der Waals surface area contributed by atoms with Gasteiger partial charge in [0, 0.05) is 13.3 Å². The number of aliphatic carboxylic acids is 2. The molecule has 1 aliphatic rings. The molecule has 1 amide bonds. The number of nitrogens with one attached hydrogen (secondary N) is 1. The molecule has 24 heavy (non-hydrogen) atoms. The highest BCUT2D eigenvalue weighted by atomic mass is 19.4. The lowest BCUT2D eigenvalue weighted by molar-refractivity contribution is -0.192. The van der Waals surface area contributed by atoms with Gasteiger partial charge in [-0.1, -0.05) is 6.92 Å². The Morgan fingerprint density at radius 3 is 1.96 bits per heavy atom. The Bertz CT molecular complexity index is 508. The lowest BCUT2D eigenvalue weighted by atomic mass is 9.96. The topological polar surface area (TPSA) is 124 Å². The number of likely N-dealkylation sites (tertiary alicyclic amines) is 1. The molecule has 3 N–H and O–H groups in total. The zero-order valence-corrected chi connectivity index (χ0v) is 13.3. The van der Waals surface area contributed by atoms with Crippen molar-refractivity contribution in [1.82, 2.24) is 10.2 Å². The van der Waals surface area contributed by atoms with Gasteiger partial charge in [-0.25, -0.2) is 4.79 Å². The summed E-state index contributed by atoms with van der Waals surface area (Å²) in [6.45, 7) is 3.09. The molecule has 0 unspecified atom stereocenters. The van der Waals surface area contributed by atoms with Gasteiger partial charge in [0.15, 0.2) is 0 Å². The van der Waals surface area contributed by atoms with Crippen molar-refractivity contribution < 1.29 is 42.6 Å². The van der Waals surface area contributed by atoms with Crippen molar-refractivity contribution in [1.29, 1.82) is 0 Å². The molecule has 1 heterocycles. The molecular weight excluding hydrogens is 337 g/mol. The summed E-state index contributed by atoms with van der Waals surface area (Å²) in [5.74, 6) is -4.43. The highest BCUT2D eigenvalue weighted by Gasteiger charge is 2.45. The monoisotopic (exact) mass is 356 g/mol. The smallest absolute Gasteiger partial charge is 0.480 e. The molecule has 0 aromatic heterocycles. The number of Topliss-reactive ketones (excluding diaryl/α,β-unsaturated/α-hetero) is 1. The Kier molecular flexibility index (Phi) is 7.84. The Morgan fingerprint density at radius 2 is 1.67 bits per heavy atom. The number of carboxylic acids is 2. The fourth-order valence-electron chi connectivity index (χ4n) is 2.27. The fourth-order valence-corrected chi connectivity index (χ4v) is 2.27. The van der Waals surface area contributed by atoms with Gasteiger partial charge in [0.25, 0.3) is 0 Å². The van der Waals surface area contributed by atoms with E-state index >= 15 is 0 Å². The third kappa shape index (κ3) is 6.14. The quantitative estimate of drug-likeness (QED) is 0.669. The first-order valence-corrected chi connectivity index (χ1v) is 6.87. The summed E-state index contributed by atoms with van der Waals surface area (Å²) in [6.07, 6.45) is -4.99. The average molecular weight is 356 g/mol. The molecule has 8 nitrogen and oxygen atoms in total. The van der Waals surface area contributed by atoms with Gasteiger partial charge < -0.3 is 15.5 Å². The molecule has 0 aliphatic carbocycles. The van der Waals surface area contributed by atoms with Crippen LogP contribution < -0.4 is 5.32 Å². The summed E-state index contributed by atoms with van der Waals surface area (Å²) in [5, 5.41) is 18.8. The van der Waals surface area contributed by atoms with Crippen LogP contribution in [0.4, 0.5) is 13.2 Å². The molecule has 0 aromatic carbocycles. The first kappa shape index (κ1) is 21.8. The van der Waals surface area contributed by atoms with E-state index in [0.717, 1.165) is 0 Å². The van der Waals surface area contributed by atoms with Crippen molar-refractivity contribution in [2.24, 2.45) is 5.92 Å². The van der Waals surface area contributed by atoms with Crippen molar-refractivity contribution in [3.63, 3.8) is 0 Å². The Labute approximate surface area is 135 Å². The van der Waals surface area contributed by atoms with E-state index in [1.807, 2.05) is 0 Å². The number of likely N-dealkylation sites (N-methyl/N-ethyl adjacent to an activating group) is 1. The van der Waals surface area contributed by atoms with E-state index in [4.69, 9.17) is 15.0 Å². The Morgan fingerprint density at radius 1 is 1.21 bits per heavy atom. The molecule has 0 bridgehead atoms. The van der Waals surface area contributed by atoms with Crippen LogP contribution in [0.5, 0.6) is 0 Å². The van der Waals surface area contributed by atoms with Crippen LogP contribution in [0.25, 0.3) is 0 Å². The molecule has 3 atom stereocenters. The molecule has 0 saturated carbocycles. The Balaban J connectivity index is 0.000000640. The maximum Gasteiger partial charge on any atom is 0.490 e. The van der Waals surface area contributed by atoms with Gasteiger partial charge in [0.2, 0.25) is 5.91 Å². The van der Waals surface area contributed by atoms with Crippen LogP contribution in [-0.4, -0.2) is 64.2 Å². The van der Waals surface area contributed by atoms with Gasteiger partial charge in [0.1, 0.15) is 11.8 Å². The molecule has 0 spiro atoms. The fraction of sp³-hybridized carbons (Fsp3) is 0.692. The molecule has 1 aliphatic heterocycles. The van der Waals surface area contributed by atoms with E-state index in [1.165, 1.54) is 6.92 Å². The van der Waals surface area contributed by atoms with Crippen LogP contribution in [0.15, 0.2) is 0 Å². The SMILES string of the molecule is CCC(=O)[C@@H]1C[C@H](C(=O)O)N(C)[C@H]1NC(C)=O.O=C(O)C(F)(F)F. The number of halogens is 3. The van der Waals surface area contributed by atoms with Gasteiger partial charge in [0.05, 0.1) is 12.1 Å². The summed E-state index contributed by atoms with van der Waals surface area (Å²) in [5.41, 5.74) is 0. The minimum atomic E-state index is -5.08. The van der Waals surface area contributed by atoms with Gasteiger partial charge in [-0.05, 0) is 13.5 Å². The van der Waals surface area contributed by atoms with Gasteiger partial charge >= 0.3 is 18.1 Å². The molecule has 0 aromatic rings. The van der Waals surface area contributed by atoms with Gasteiger partial charge in [-0.3, -0.25) is 19.3 Å². The highest BCUT2D eigenvalue weighted by Crippen LogP contribution is 2.28. The Hall–Kier alpha value is -2.17. The van der Waals surface area contributed by atoms with Crippen molar-refractivity contribution in [3.8, 4) is 0 Å². The molecule has 138 valence electrons. The molecule has 1 fully saturated rings. The van der Waals surface area contributed by atoms with Crippen LogP contribution in [0, 0.1) is 5.92 Å². The summed E-state index contributed by atoms with van der Waals surface area (Å²) in [6, 6.07) is -0.715. The minimum Gasteiger partial charge on any atom is -0.480 e. The molecule has 1 saturated heterocycles. The lowest BCUT2D eigenvalue weighted by Crippen LogP contribution is -2.49. The number of alkyl halides is 3. The van der Waals surface area contributed by atoms with Crippen molar-refractivity contribution in [2.45, 2.75) is 45.1 Å². The largest absolute Gasteiger partial charge is 0.490 e. The molecule has 11 heteroatoms. The van der Waals surface area contributed by atoms with Crippen molar-refractivity contribution in [2.75, 3.05) is 7.05 Å². The molecule has 0 radical (unpaired) electrons. The van der Waals surface area contributed by atoms with Gasteiger partial charge in [-0.2, -0.15) is 13.2 Å². The summed E-state index contributed by atoms with van der Waals surface area (Å²) >= 11 is 0. The summed E-state index contributed by atoms with van der Waals surface area (Å²) < 4.78 is 31.7. The number of rotatable bonds is 4. The minimum absolute atomic E-state index is 0.0145. The second-order valence-electron chi connectivity index (χ2n) is 5.13. The number of carbonyl (C=O) groups excluding carboxylic acids is 2. The zero-order valence-electron chi connectivity index (χ0n) is 13.3. The average Bonchev–Trinajstić information content (AvgIpc) is 2.75. The number of hydrogen-bond acceptors (Lipinski definition) is 5. The number of carboxylic acid groups (broad SMARTS) is 2.